The van der Waals surface area contributed by atoms with Gasteiger partial charge in [-0.25, -0.2) is 4.79 Å². The lowest BCUT2D eigenvalue weighted by atomic mass is 10.1. The van der Waals surface area contributed by atoms with E-state index in [1.54, 1.807) is 12.1 Å². The summed E-state index contributed by atoms with van der Waals surface area (Å²) in [6, 6.07) is 5.86. The Kier molecular flexibility index (Phi) is 4.49. The maximum atomic E-state index is 11.9. The minimum Gasteiger partial charge on any atom is -0.465 e. The Morgan fingerprint density at radius 3 is 2.90 bits per heavy atom. The predicted molar refractivity (Wildman–Crippen MR) is 81.1 cm³/mol. The SMILES string of the molecule is COC(=O)c1cccc(N)c1N(C)CC1CCCN1C. The van der Waals surface area contributed by atoms with E-state index in [-0.39, 0.29) is 5.97 Å². The van der Waals surface area contributed by atoms with Gasteiger partial charge in [0.2, 0.25) is 0 Å². The second-order valence-corrected chi connectivity index (χ2v) is 5.39. The van der Waals surface area contributed by atoms with E-state index >= 15 is 0 Å². The molecule has 1 aromatic carbocycles. The molecule has 1 saturated heterocycles. The highest BCUT2D eigenvalue weighted by Crippen LogP contribution is 2.29. The van der Waals surface area contributed by atoms with Crippen LogP contribution in [0.4, 0.5) is 11.4 Å². The van der Waals surface area contributed by atoms with Crippen LogP contribution in [-0.2, 0) is 4.74 Å². The fourth-order valence-electron chi connectivity index (χ4n) is 2.88. The third-order valence-electron chi connectivity index (χ3n) is 4.01. The van der Waals surface area contributed by atoms with E-state index < -0.39 is 0 Å². The zero-order chi connectivity index (χ0) is 14.7. The Morgan fingerprint density at radius 2 is 2.30 bits per heavy atom. The van der Waals surface area contributed by atoms with Crippen LogP contribution < -0.4 is 10.6 Å². The Labute approximate surface area is 120 Å². The van der Waals surface area contributed by atoms with Gasteiger partial charge >= 0.3 is 5.97 Å². The van der Waals surface area contributed by atoms with E-state index in [1.165, 1.54) is 20.0 Å². The highest BCUT2D eigenvalue weighted by Gasteiger charge is 2.25. The standard InChI is InChI=1S/C15H23N3O2/c1-17-9-5-6-11(17)10-18(2)14-12(15(19)20-3)7-4-8-13(14)16/h4,7-8,11H,5-6,9-10,16H2,1-3H3. The number of hydrogen-bond donors (Lipinski definition) is 1. The molecule has 0 aromatic heterocycles. The van der Waals surface area contributed by atoms with Crippen LogP contribution in [0.2, 0.25) is 0 Å². The average molecular weight is 277 g/mol. The van der Waals surface area contributed by atoms with Gasteiger partial charge in [0, 0.05) is 19.6 Å². The zero-order valence-electron chi connectivity index (χ0n) is 12.4. The number of nitrogen functional groups attached to an aromatic ring is 1. The Hall–Kier alpha value is -1.75. The van der Waals surface area contributed by atoms with Crippen molar-refractivity contribution < 1.29 is 9.53 Å². The first-order valence-electron chi connectivity index (χ1n) is 6.92. The highest BCUT2D eigenvalue weighted by molar-refractivity contribution is 5.99. The van der Waals surface area contributed by atoms with Crippen LogP contribution in [0.5, 0.6) is 0 Å². The van der Waals surface area contributed by atoms with Crippen LogP contribution in [0.3, 0.4) is 0 Å². The van der Waals surface area contributed by atoms with Crippen LogP contribution in [0.1, 0.15) is 23.2 Å². The van der Waals surface area contributed by atoms with Gasteiger partial charge < -0.3 is 20.3 Å². The molecule has 110 valence electrons. The number of methoxy groups -OCH3 is 1. The smallest absolute Gasteiger partial charge is 0.340 e. The predicted octanol–water partition coefficient (Wildman–Crippen LogP) is 1.59. The summed E-state index contributed by atoms with van der Waals surface area (Å²) in [5.41, 5.74) is 7.96. The summed E-state index contributed by atoms with van der Waals surface area (Å²) in [6.07, 6.45) is 2.41. The molecule has 20 heavy (non-hydrogen) atoms. The first kappa shape index (κ1) is 14.7. The fraction of sp³-hybridized carbons (Fsp3) is 0.533. The monoisotopic (exact) mass is 277 g/mol. The Bertz CT molecular complexity index is 490. The van der Waals surface area contributed by atoms with E-state index in [0.717, 1.165) is 18.8 Å². The number of benzene rings is 1. The summed E-state index contributed by atoms with van der Waals surface area (Å²) in [7, 11) is 5.51. The number of likely N-dealkylation sites (tertiary alicyclic amines) is 1. The molecular weight excluding hydrogens is 254 g/mol. The maximum absolute atomic E-state index is 11.9. The first-order chi connectivity index (χ1) is 9.54. The number of likely N-dealkylation sites (N-methyl/N-ethyl adjacent to an activating group) is 2. The van der Waals surface area contributed by atoms with Crippen molar-refractivity contribution in [3.63, 3.8) is 0 Å². The van der Waals surface area contributed by atoms with E-state index in [1.807, 2.05) is 13.1 Å². The third kappa shape index (κ3) is 2.88. The Balaban J connectivity index is 2.24. The molecule has 1 aliphatic rings. The van der Waals surface area contributed by atoms with Gasteiger partial charge in [-0.2, -0.15) is 0 Å². The topological polar surface area (TPSA) is 58.8 Å². The largest absolute Gasteiger partial charge is 0.465 e. The van der Waals surface area contributed by atoms with Gasteiger partial charge in [-0.3, -0.25) is 0 Å². The maximum Gasteiger partial charge on any atom is 0.340 e. The molecule has 0 radical (unpaired) electrons. The van der Waals surface area contributed by atoms with Crippen molar-refractivity contribution in [3.05, 3.63) is 23.8 Å². The number of para-hydroxylation sites is 1. The van der Waals surface area contributed by atoms with Crippen LogP contribution in [0.15, 0.2) is 18.2 Å². The first-order valence-corrected chi connectivity index (χ1v) is 6.92. The van der Waals surface area contributed by atoms with Crippen molar-refractivity contribution in [2.45, 2.75) is 18.9 Å². The number of nitrogens with zero attached hydrogens (tertiary/aromatic N) is 2. The molecule has 1 aromatic rings. The molecule has 0 aliphatic carbocycles. The van der Waals surface area contributed by atoms with Crippen molar-refractivity contribution in [1.29, 1.82) is 0 Å². The van der Waals surface area contributed by atoms with E-state index in [4.69, 9.17) is 10.5 Å². The minimum absolute atomic E-state index is 0.348. The van der Waals surface area contributed by atoms with Crippen LogP contribution in [0.25, 0.3) is 0 Å². The quantitative estimate of drug-likeness (QED) is 0.669. The van der Waals surface area contributed by atoms with Crippen LogP contribution in [-0.4, -0.2) is 51.2 Å². The molecule has 5 nitrogen and oxygen atoms in total. The lowest BCUT2D eigenvalue weighted by Gasteiger charge is -2.29. The molecule has 1 unspecified atom stereocenters. The number of esters is 1. The second kappa shape index (κ2) is 6.13. The second-order valence-electron chi connectivity index (χ2n) is 5.39. The van der Waals surface area contributed by atoms with E-state index in [0.29, 0.717) is 17.3 Å². The number of nitrogens with two attached hydrogens (primary N) is 1. The number of carbonyl (C=O) groups is 1. The molecule has 0 bridgehead atoms. The van der Waals surface area contributed by atoms with E-state index in [2.05, 4.69) is 16.8 Å². The summed E-state index contributed by atoms with van der Waals surface area (Å²) in [4.78, 5) is 16.3. The van der Waals surface area contributed by atoms with Crippen LogP contribution >= 0.6 is 0 Å². The molecule has 2 N–H and O–H groups in total. The van der Waals surface area contributed by atoms with Crippen LogP contribution in [0, 0.1) is 0 Å². The summed E-state index contributed by atoms with van der Waals surface area (Å²) >= 11 is 0. The zero-order valence-corrected chi connectivity index (χ0v) is 12.4. The summed E-state index contributed by atoms with van der Waals surface area (Å²) < 4.78 is 4.84. The number of rotatable bonds is 4. The molecule has 1 aliphatic heterocycles. The van der Waals surface area contributed by atoms with Gasteiger partial charge in [-0.05, 0) is 38.6 Å². The van der Waals surface area contributed by atoms with Crippen molar-refractivity contribution in [3.8, 4) is 0 Å². The number of ether oxygens (including phenoxy) is 1. The van der Waals surface area contributed by atoms with Crippen molar-refractivity contribution >= 4 is 17.3 Å². The van der Waals surface area contributed by atoms with Crippen molar-refractivity contribution in [1.82, 2.24) is 4.90 Å². The van der Waals surface area contributed by atoms with Gasteiger partial charge in [0.1, 0.15) is 0 Å². The number of anilines is 2. The fourth-order valence-corrected chi connectivity index (χ4v) is 2.88. The number of carbonyl (C=O) groups excluding carboxylic acids is 1. The molecule has 2 rings (SSSR count). The van der Waals surface area contributed by atoms with Gasteiger partial charge in [0.15, 0.2) is 0 Å². The lowest BCUT2D eigenvalue weighted by Crippen LogP contribution is -2.37. The van der Waals surface area contributed by atoms with Gasteiger partial charge in [-0.1, -0.05) is 6.07 Å². The van der Waals surface area contributed by atoms with Crippen molar-refractivity contribution in [2.24, 2.45) is 0 Å². The van der Waals surface area contributed by atoms with E-state index in [9.17, 15) is 4.79 Å². The van der Waals surface area contributed by atoms with Gasteiger partial charge in [-0.15, -0.1) is 0 Å². The highest BCUT2D eigenvalue weighted by atomic mass is 16.5. The Morgan fingerprint density at radius 1 is 1.55 bits per heavy atom. The molecule has 1 fully saturated rings. The normalized spacial score (nSPS) is 19.1. The molecule has 0 saturated carbocycles. The molecule has 5 heteroatoms. The van der Waals surface area contributed by atoms with Gasteiger partial charge in [0.05, 0.1) is 24.0 Å². The molecule has 0 amide bonds. The molecular formula is C15H23N3O2. The minimum atomic E-state index is -0.348. The third-order valence-corrected chi connectivity index (χ3v) is 4.01. The van der Waals surface area contributed by atoms with Crippen molar-refractivity contribution in [2.75, 3.05) is 44.9 Å². The molecule has 1 atom stereocenters. The average Bonchev–Trinajstić information content (AvgIpc) is 2.82. The van der Waals surface area contributed by atoms with Gasteiger partial charge in [0.25, 0.3) is 0 Å². The molecule has 0 spiro atoms. The lowest BCUT2D eigenvalue weighted by molar-refractivity contribution is 0.0601. The summed E-state index contributed by atoms with van der Waals surface area (Å²) in [5.74, 6) is -0.348. The summed E-state index contributed by atoms with van der Waals surface area (Å²) in [6.45, 7) is 1.99. The molecule has 1 heterocycles. The summed E-state index contributed by atoms with van der Waals surface area (Å²) in [5, 5.41) is 0. The number of hydrogen-bond acceptors (Lipinski definition) is 5.